The predicted octanol–water partition coefficient (Wildman–Crippen LogP) is 8.96. The van der Waals surface area contributed by atoms with Crippen molar-refractivity contribution in [1.29, 1.82) is 0 Å². The highest BCUT2D eigenvalue weighted by Crippen LogP contribution is 2.09. The number of carbonyl (C=O) groups excluding carboxylic acids is 3. The van der Waals surface area contributed by atoms with Gasteiger partial charge in [-0.05, 0) is 64.2 Å². The summed E-state index contributed by atoms with van der Waals surface area (Å²) >= 11 is 0. The fraction of sp³-hybridized carbons (Fsp3) is 0.500. The highest BCUT2D eigenvalue weighted by Gasteiger charge is 2.25. The van der Waals surface area contributed by atoms with Gasteiger partial charge in [0, 0.05) is 19.3 Å². The lowest BCUT2D eigenvalue weighted by molar-refractivity contribution is -0.889. The van der Waals surface area contributed by atoms with Gasteiger partial charge < -0.3 is 28.6 Å². The van der Waals surface area contributed by atoms with Crippen molar-refractivity contribution in [2.75, 3.05) is 41.0 Å². The molecule has 0 saturated carbocycles. The molecule has 0 fully saturated rings. The summed E-state index contributed by atoms with van der Waals surface area (Å²) in [6.45, 7) is 4.21. The zero-order valence-electron chi connectivity index (χ0n) is 33.8. The first kappa shape index (κ1) is 49.7. The predicted molar refractivity (Wildman–Crippen MR) is 221 cm³/mol. The minimum atomic E-state index is -1.15. The van der Waals surface area contributed by atoms with Crippen LogP contribution in [0.4, 0.5) is 0 Å². The smallest absolute Gasteiger partial charge is 0.306 e. The summed E-state index contributed by atoms with van der Waals surface area (Å²) in [5.74, 6) is -1.93. The number of unbranched alkanes of at least 4 members (excludes halogenated alkanes) is 2. The molecule has 8 nitrogen and oxygen atoms in total. The van der Waals surface area contributed by atoms with Gasteiger partial charge in [0.1, 0.15) is 12.6 Å². The number of ether oxygens (including phenoxy) is 3. The number of hydrogen-bond donors (Lipinski definition) is 0. The maximum Gasteiger partial charge on any atom is 0.306 e. The molecule has 2 atom stereocenters. The summed E-state index contributed by atoms with van der Waals surface area (Å²) in [5.41, 5.74) is 0. The third kappa shape index (κ3) is 33.6. The number of quaternary nitrogens is 1. The lowest BCUT2D eigenvalue weighted by atomic mass is 10.1. The maximum atomic E-state index is 12.6. The van der Waals surface area contributed by atoms with E-state index >= 15 is 0 Å². The van der Waals surface area contributed by atoms with Crippen LogP contribution in [0.15, 0.2) is 122 Å². The number of likely N-dealkylation sites (N-methyl/N-ethyl adjacent to an activating group) is 1. The molecule has 0 rings (SSSR count). The number of allylic oxidation sites excluding steroid dienone is 20. The van der Waals surface area contributed by atoms with E-state index in [2.05, 4.69) is 80.7 Å². The van der Waals surface area contributed by atoms with Crippen LogP contribution in [-0.4, -0.2) is 75.5 Å². The van der Waals surface area contributed by atoms with Gasteiger partial charge in [0.05, 0.1) is 40.3 Å². The van der Waals surface area contributed by atoms with E-state index in [0.717, 1.165) is 44.9 Å². The van der Waals surface area contributed by atoms with Crippen LogP contribution in [0.2, 0.25) is 0 Å². The molecule has 0 bridgehead atoms. The summed E-state index contributed by atoms with van der Waals surface area (Å²) in [5, 5.41) is 11.6. The van der Waals surface area contributed by atoms with Gasteiger partial charge in [0.15, 0.2) is 6.10 Å². The number of nitrogens with zero attached hydrogens (tertiary/aromatic N) is 1. The molecule has 0 radical (unpaired) electrons. The van der Waals surface area contributed by atoms with E-state index < -0.39 is 24.1 Å². The van der Waals surface area contributed by atoms with Crippen LogP contribution in [0.5, 0.6) is 0 Å². The SMILES string of the molecule is CC/C=C/C=C/C=C/C=C/C=C/CCCC(=O)OC(COCCC(C(=O)[O-])[N+](C)(C)C)COC(=O)CCC/C=C/C/C=C/C/C=C/C/C=C/C/C=C/CC. The standard InChI is InChI=1S/C46H69NO7/c1-6-8-10-12-14-16-18-20-21-22-23-25-26-28-30-32-34-36-44(48)53-41-42(40-52-39-38-43(46(50)51)47(3,4)5)54-45(49)37-35-33-31-29-27-24-19-17-15-13-11-9-7-2/h8-11,13-17,19-21,23-25,27-31,42-43H,6-7,12,18,22,26,32-41H2,1-5H3/b10-8+,11-9+,15-13+,16-14+,19-17+,21-20+,25-23+,27-24+,30-28+,31-29+. The van der Waals surface area contributed by atoms with Gasteiger partial charge in [-0.15, -0.1) is 0 Å². The van der Waals surface area contributed by atoms with Gasteiger partial charge in [-0.25, -0.2) is 0 Å². The van der Waals surface area contributed by atoms with Crippen LogP contribution in [0.1, 0.15) is 97.3 Å². The molecule has 0 aliphatic heterocycles. The Morgan fingerprint density at radius 1 is 0.574 bits per heavy atom. The lowest BCUT2D eigenvalue weighted by Crippen LogP contribution is -2.55. The van der Waals surface area contributed by atoms with Crippen molar-refractivity contribution in [2.24, 2.45) is 0 Å². The van der Waals surface area contributed by atoms with Crippen molar-refractivity contribution >= 4 is 17.9 Å². The molecule has 0 aliphatic carbocycles. The lowest BCUT2D eigenvalue weighted by Gasteiger charge is -2.34. The van der Waals surface area contributed by atoms with Crippen molar-refractivity contribution in [3.8, 4) is 0 Å². The Labute approximate surface area is 327 Å². The maximum absolute atomic E-state index is 12.6. The van der Waals surface area contributed by atoms with Crippen LogP contribution < -0.4 is 5.11 Å². The van der Waals surface area contributed by atoms with Gasteiger partial charge in [0.25, 0.3) is 0 Å². The number of aliphatic carboxylic acids is 1. The summed E-state index contributed by atoms with van der Waals surface area (Å²) in [6.07, 6.45) is 49.6. The molecule has 8 heteroatoms. The summed E-state index contributed by atoms with van der Waals surface area (Å²) < 4.78 is 16.9. The first-order valence-corrected chi connectivity index (χ1v) is 19.6. The monoisotopic (exact) mass is 748 g/mol. The third-order valence-corrected chi connectivity index (χ3v) is 7.72. The number of rotatable bonds is 32. The zero-order chi connectivity index (χ0) is 40.0. The highest BCUT2D eigenvalue weighted by molar-refractivity contribution is 5.70. The van der Waals surface area contributed by atoms with Gasteiger partial charge in [0.2, 0.25) is 0 Å². The van der Waals surface area contributed by atoms with Crippen LogP contribution >= 0.6 is 0 Å². The van der Waals surface area contributed by atoms with Crippen molar-refractivity contribution in [2.45, 2.75) is 109 Å². The molecular weight excluding hydrogens is 679 g/mol. The third-order valence-electron chi connectivity index (χ3n) is 7.72. The van der Waals surface area contributed by atoms with Crippen LogP contribution in [0, 0.1) is 0 Å². The van der Waals surface area contributed by atoms with Crippen molar-refractivity contribution in [3.63, 3.8) is 0 Å². The van der Waals surface area contributed by atoms with Crippen molar-refractivity contribution in [3.05, 3.63) is 122 Å². The Balaban J connectivity index is 4.64. The molecule has 2 unspecified atom stereocenters. The molecule has 0 aromatic carbocycles. The number of esters is 2. The van der Waals surface area contributed by atoms with Crippen molar-refractivity contribution in [1.82, 2.24) is 0 Å². The number of carboxylic acid groups (broad SMARTS) is 1. The molecule has 0 amide bonds. The van der Waals surface area contributed by atoms with E-state index in [-0.39, 0.29) is 49.5 Å². The number of carboxylic acids is 1. The topological polar surface area (TPSA) is 102 Å². The average molecular weight is 748 g/mol. The van der Waals surface area contributed by atoms with E-state index in [1.165, 1.54) is 0 Å². The van der Waals surface area contributed by atoms with E-state index in [9.17, 15) is 19.5 Å². The first-order valence-electron chi connectivity index (χ1n) is 19.6. The normalized spacial score (nSPS) is 14.3. The van der Waals surface area contributed by atoms with Crippen molar-refractivity contribution < 1.29 is 38.2 Å². The van der Waals surface area contributed by atoms with E-state index in [1.807, 2.05) is 54.7 Å². The molecule has 0 N–H and O–H groups in total. The van der Waals surface area contributed by atoms with Gasteiger partial charge in [-0.2, -0.15) is 0 Å². The molecule has 0 aromatic heterocycles. The molecule has 54 heavy (non-hydrogen) atoms. The fourth-order valence-corrected chi connectivity index (χ4v) is 4.72. The second kappa shape index (κ2) is 35.7. The first-order chi connectivity index (χ1) is 26.1. The number of hydrogen-bond acceptors (Lipinski definition) is 7. The Hall–Kier alpha value is -4.27. The van der Waals surface area contributed by atoms with E-state index in [4.69, 9.17) is 14.2 Å². The molecule has 0 aromatic rings. The molecular formula is C46H69NO7. The van der Waals surface area contributed by atoms with Crippen LogP contribution in [-0.2, 0) is 28.6 Å². The Kier molecular flexibility index (Phi) is 32.9. The Morgan fingerprint density at radius 3 is 1.56 bits per heavy atom. The molecule has 0 aliphatic rings. The molecule has 0 saturated heterocycles. The van der Waals surface area contributed by atoms with Crippen LogP contribution in [0.25, 0.3) is 0 Å². The number of carbonyl (C=O) groups is 3. The highest BCUT2D eigenvalue weighted by atomic mass is 16.6. The second-order valence-electron chi connectivity index (χ2n) is 13.5. The van der Waals surface area contributed by atoms with Gasteiger partial charge in [-0.3, -0.25) is 9.59 Å². The minimum absolute atomic E-state index is 0.0156. The van der Waals surface area contributed by atoms with Gasteiger partial charge >= 0.3 is 11.9 Å². The Morgan fingerprint density at radius 2 is 1.04 bits per heavy atom. The molecule has 0 heterocycles. The molecule has 0 spiro atoms. The average Bonchev–Trinajstić information content (AvgIpc) is 3.12. The summed E-state index contributed by atoms with van der Waals surface area (Å²) in [7, 11) is 5.34. The largest absolute Gasteiger partial charge is 0.544 e. The van der Waals surface area contributed by atoms with Gasteiger partial charge in [-0.1, -0.05) is 135 Å². The minimum Gasteiger partial charge on any atom is -0.544 e. The fourth-order valence-electron chi connectivity index (χ4n) is 4.72. The zero-order valence-corrected chi connectivity index (χ0v) is 33.8. The summed E-state index contributed by atoms with van der Waals surface area (Å²) in [4.78, 5) is 36.7. The Bertz CT molecular complexity index is 1290. The van der Waals surface area contributed by atoms with Crippen LogP contribution in [0.3, 0.4) is 0 Å². The second-order valence-corrected chi connectivity index (χ2v) is 13.5. The van der Waals surface area contributed by atoms with E-state index in [0.29, 0.717) is 19.3 Å². The van der Waals surface area contributed by atoms with E-state index in [1.54, 1.807) is 21.1 Å². The quantitative estimate of drug-likeness (QED) is 0.0223. The summed E-state index contributed by atoms with van der Waals surface area (Å²) in [6, 6.07) is -0.754. The molecule has 300 valence electrons.